The summed E-state index contributed by atoms with van der Waals surface area (Å²) in [5, 5.41) is 5.97. The molecule has 0 unspecified atom stereocenters. The van der Waals surface area contributed by atoms with E-state index in [4.69, 9.17) is 11.6 Å². The molecular weight excluding hydrogens is 382 g/mol. The summed E-state index contributed by atoms with van der Waals surface area (Å²) in [6.07, 6.45) is 3.70. The molecule has 0 radical (unpaired) electrons. The van der Waals surface area contributed by atoms with E-state index in [0.717, 1.165) is 32.6 Å². The highest BCUT2D eigenvalue weighted by molar-refractivity contribution is 6.31. The van der Waals surface area contributed by atoms with Crippen LogP contribution in [0, 0.1) is 6.92 Å². The first-order chi connectivity index (χ1) is 14.1. The largest absolute Gasteiger partial charge is 0.342 e. The molecule has 0 saturated heterocycles. The Hall–Kier alpha value is -3.37. The summed E-state index contributed by atoms with van der Waals surface area (Å²) < 4.78 is 2.14. The Bertz CT molecular complexity index is 1190. The number of nitrogens with one attached hydrogen (secondary N) is 1. The van der Waals surface area contributed by atoms with E-state index in [2.05, 4.69) is 21.2 Å². The predicted molar refractivity (Wildman–Crippen MR) is 119 cm³/mol. The van der Waals surface area contributed by atoms with Crippen LogP contribution in [-0.4, -0.2) is 16.7 Å². The third-order valence-electron chi connectivity index (χ3n) is 4.80. The van der Waals surface area contributed by atoms with Gasteiger partial charge in [-0.05, 0) is 36.8 Å². The predicted octanol–water partition coefficient (Wildman–Crippen LogP) is 5.42. The van der Waals surface area contributed by atoms with Gasteiger partial charge in [-0.15, -0.1) is 0 Å². The van der Waals surface area contributed by atoms with Crippen molar-refractivity contribution >= 4 is 34.6 Å². The van der Waals surface area contributed by atoms with E-state index < -0.39 is 0 Å². The molecule has 1 N–H and O–H groups in total. The summed E-state index contributed by atoms with van der Waals surface area (Å²) in [6, 6.07) is 23.3. The highest BCUT2D eigenvalue weighted by Crippen LogP contribution is 2.23. The topological polar surface area (TPSA) is 46.4 Å². The lowest BCUT2D eigenvalue weighted by Crippen LogP contribution is -2.17. The lowest BCUT2D eigenvalue weighted by atomic mass is 10.1. The van der Waals surface area contributed by atoms with E-state index in [1.165, 1.54) is 0 Å². The number of aryl methyl sites for hydroxylation is 1. The maximum absolute atomic E-state index is 12.2. The average Bonchev–Trinajstić information content (AvgIpc) is 3.08. The summed E-state index contributed by atoms with van der Waals surface area (Å²) in [5.41, 5.74) is 7.34. The summed E-state index contributed by atoms with van der Waals surface area (Å²) in [5.74, 6) is -0.235. The number of para-hydroxylation sites is 1. The minimum Gasteiger partial charge on any atom is -0.342 e. The Morgan fingerprint density at radius 3 is 2.55 bits per heavy atom. The second-order valence-electron chi connectivity index (χ2n) is 6.89. The van der Waals surface area contributed by atoms with Crippen LogP contribution in [0.1, 0.15) is 27.0 Å². The van der Waals surface area contributed by atoms with Gasteiger partial charge in [0.05, 0.1) is 6.21 Å². The van der Waals surface area contributed by atoms with Crippen molar-refractivity contribution < 1.29 is 4.79 Å². The Kier molecular flexibility index (Phi) is 5.45. The SMILES string of the molecule is Cc1ccc(C(=O)N/N=C\c2cn(Cc3ccccc3Cl)c3ccccc23)cc1. The molecule has 4 rings (SSSR count). The van der Waals surface area contributed by atoms with Crippen molar-refractivity contribution in [1.82, 2.24) is 9.99 Å². The summed E-state index contributed by atoms with van der Waals surface area (Å²) >= 11 is 6.33. The Morgan fingerprint density at radius 1 is 1.03 bits per heavy atom. The lowest BCUT2D eigenvalue weighted by molar-refractivity contribution is 0.0955. The molecule has 0 saturated carbocycles. The second kappa shape index (κ2) is 8.33. The van der Waals surface area contributed by atoms with Gasteiger partial charge in [-0.2, -0.15) is 5.10 Å². The van der Waals surface area contributed by atoms with Crippen LogP contribution < -0.4 is 5.43 Å². The molecule has 144 valence electrons. The quantitative estimate of drug-likeness (QED) is 0.352. The number of rotatable bonds is 5. The number of hydrogen-bond donors (Lipinski definition) is 1. The standard InChI is InChI=1S/C24H20ClN3O/c1-17-10-12-18(13-11-17)24(29)27-26-14-20-16-28(23-9-5-3-7-21(20)23)15-19-6-2-4-8-22(19)25/h2-14,16H,15H2,1H3,(H,27,29)/b26-14-. The Balaban J connectivity index is 1.57. The molecule has 0 atom stereocenters. The highest BCUT2D eigenvalue weighted by Gasteiger charge is 2.09. The van der Waals surface area contributed by atoms with Crippen molar-refractivity contribution in [3.63, 3.8) is 0 Å². The van der Waals surface area contributed by atoms with Gasteiger partial charge in [-0.25, -0.2) is 5.43 Å². The summed E-state index contributed by atoms with van der Waals surface area (Å²) in [4.78, 5) is 12.2. The van der Waals surface area contributed by atoms with Gasteiger partial charge in [0.15, 0.2) is 0 Å². The van der Waals surface area contributed by atoms with Crippen LogP contribution in [0.5, 0.6) is 0 Å². The van der Waals surface area contributed by atoms with Gasteiger partial charge in [-0.1, -0.05) is 65.7 Å². The average molecular weight is 402 g/mol. The third kappa shape index (κ3) is 4.23. The van der Waals surface area contributed by atoms with E-state index in [1.807, 2.05) is 67.7 Å². The van der Waals surface area contributed by atoms with E-state index in [0.29, 0.717) is 12.1 Å². The number of benzene rings is 3. The van der Waals surface area contributed by atoms with Gasteiger partial charge in [0.2, 0.25) is 0 Å². The van der Waals surface area contributed by atoms with Crippen molar-refractivity contribution in [1.29, 1.82) is 0 Å². The molecule has 0 aliphatic heterocycles. The molecule has 0 aliphatic carbocycles. The molecule has 3 aromatic carbocycles. The van der Waals surface area contributed by atoms with Gasteiger partial charge < -0.3 is 4.57 Å². The van der Waals surface area contributed by atoms with Gasteiger partial charge in [-0.3, -0.25) is 4.79 Å². The molecule has 1 amide bonds. The van der Waals surface area contributed by atoms with Gasteiger partial charge in [0.25, 0.3) is 5.91 Å². The number of nitrogens with zero attached hydrogens (tertiary/aromatic N) is 2. The Morgan fingerprint density at radius 2 is 1.76 bits per heavy atom. The molecule has 0 bridgehead atoms. The molecule has 1 aromatic heterocycles. The van der Waals surface area contributed by atoms with Crippen molar-refractivity contribution in [2.45, 2.75) is 13.5 Å². The van der Waals surface area contributed by atoms with Crippen LogP contribution in [-0.2, 0) is 6.54 Å². The number of fused-ring (bicyclic) bond motifs is 1. The van der Waals surface area contributed by atoms with E-state index in [9.17, 15) is 4.79 Å². The first kappa shape index (κ1) is 19.0. The van der Waals surface area contributed by atoms with Crippen LogP contribution in [0.3, 0.4) is 0 Å². The number of halogens is 1. The second-order valence-corrected chi connectivity index (χ2v) is 7.29. The van der Waals surface area contributed by atoms with Gasteiger partial charge in [0, 0.05) is 39.8 Å². The van der Waals surface area contributed by atoms with Crippen molar-refractivity contribution in [2.75, 3.05) is 0 Å². The summed E-state index contributed by atoms with van der Waals surface area (Å²) in [6.45, 7) is 2.64. The molecule has 5 heteroatoms. The molecule has 0 fully saturated rings. The summed E-state index contributed by atoms with van der Waals surface area (Å²) in [7, 11) is 0. The minimum absolute atomic E-state index is 0.235. The molecular formula is C24H20ClN3O. The molecule has 29 heavy (non-hydrogen) atoms. The molecule has 1 heterocycles. The fourth-order valence-corrected chi connectivity index (χ4v) is 3.44. The number of carbonyl (C=O) groups excluding carboxylic acids is 1. The first-order valence-electron chi connectivity index (χ1n) is 9.33. The fourth-order valence-electron chi connectivity index (χ4n) is 3.25. The normalized spacial score (nSPS) is 11.2. The molecule has 4 aromatic rings. The lowest BCUT2D eigenvalue weighted by Gasteiger charge is -2.07. The number of carbonyl (C=O) groups is 1. The zero-order valence-corrected chi connectivity index (χ0v) is 16.7. The van der Waals surface area contributed by atoms with E-state index in [-0.39, 0.29) is 5.91 Å². The van der Waals surface area contributed by atoms with Crippen LogP contribution in [0.4, 0.5) is 0 Å². The van der Waals surface area contributed by atoms with Crippen LogP contribution in [0.15, 0.2) is 84.1 Å². The number of amides is 1. The number of hydrazone groups is 1. The third-order valence-corrected chi connectivity index (χ3v) is 5.17. The number of hydrogen-bond acceptors (Lipinski definition) is 2. The maximum atomic E-state index is 12.2. The van der Waals surface area contributed by atoms with Crippen molar-refractivity contribution in [3.05, 3.63) is 106 Å². The monoisotopic (exact) mass is 401 g/mol. The zero-order chi connectivity index (χ0) is 20.2. The minimum atomic E-state index is -0.235. The number of aromatic nitrogens is 1. The van der Waals surface area contributed by atoms with Crippen molar-refractivity contribution in [3.8, 4) is 0 Å². The Labute approximate surface area is 174 Å². The first-order valence-corrected chi connectivity index (χ1v) is 9.71. The van der Waals surface area contributed by atoms with E-state index >= 15 is 0 Å². The van der Waals surface area contributed by atoms with Crippen LogP contribution in [0.25, 0.3) is 10.9 Å². The molecule has 0 aliphatic rings. The van der Waals surface area contributed by atoms with E-state index in [1.54, 1.807) is 18.3 Å². The highest BCUT2D eigenvalue weighted by atomic mass is 35.5. The van der Waals surface area contributed by atoms with Gasteiger partial charge in [0.1, 0.15) is 0 Å². The zero-order valence-electron chi connectivity index (χ0n) is 16.0. The smallest absolute Gasteiger partial charge is 0.271 e. The van der Waals surface area contributed by atoms with Crippen LogP contribution in [0.2, 0.25) is 5.02 Å². The van der Waals surface area contributed by atoms with Crippen LogP contribution >= 0.6 is 11.6 Å². The van der Waals surface area contributed by atoms with Crippen molar-refractivity contribution in [2.24, 2.45) is 5.10 Å². The fraction of sp³-hybridized carbons (Fsp3) is 0.0833. The molecule has 0 spiro atoms. The maximum Gasteiger partial charge on any atom is 0.271 e. The van der Waals surface area contributed by atoms with Gasteiger partial charge >= 0.3 is 0 Å². The molecule has 4 nitrogen and oxygen atoms in total.